The van der Waals surface area contributed by atoms with Gasteiger partial charge in [0.1, 0.15) is 11.0 Å². The number of aromatic nitrogens is 2. The number of hydrogen-bond acceptors (Lipinski definition) is 4. The zero-order valence-electron chi connectivity index (χ0n) is 15.4. The Bertz CT molecular complexity index is 1310. The van der Waals surface area contributed by atoms with E-state index in [0.717, 1.165) is 38.9 Å². The summed E-state index contributed by atoms with van der Waals surface area (Å²) in [5, 5.41) is 0. The van der Waals surface area contributed by atoms with E-state index in [9.17, 15) is 0 Å². The lowest BCUT2D eigenvalue weighted by Gasteiger charge is -2.01. The van der Waals surface area contributed by atoms with Gasteiger partial charge in [-0.05, 0) is 72.5 Å². The van der Waals surface area contributed by atoms with Crippen LogP contribution in [-0.2, 0) is 0 Å². The molecule has 2 aromatic heterocycles. The SMILES string of the molecule is Cc1nc2cc(-c3ccc4oc(-c5ccc(C)c(C)c5)nc4c3)ccc2o1. The first-order chi connectivity index (χ1) is 13.1. The Kier molecular flexibility index (Phi) is 3.41. The standard InChI is InChI=1S/C23H18N2O2/c1-13-4-5-18(10-14(13)2)23-25-20-12-17(7-9-22(20)27-23)16-6-8-21-19(11-16)24-15(3)26-21/h4-12H,1-3H3. The highest BCUT2D eigenvalue weighted by Gasteiger charge is 2.11. The molecule has 4 heteroatoms. The monoisotopic (exact) mass is 354 g/mol. The third-order valence-corrected chi connectivity index (χ3v) is 4.97. The maximum Gasteiger partial charge on any atom is 0.227 e. The Morgan fingerprint density at radius 1 is 0.593 bits per heavy atom. The van der Waals surface area contributed by atoms with E-state index in [4.69, 9.17) is 13.8 Å². The Morgan fingerprint density at radius 3 is 1.93 bits per heavy atom. The van der Waals surface area contributed by atoms with Gasteiger partial charge in [0, 0.05) is 12.5 Å². The molecule has 5 aromatic rings. The van der Waals surface area contributed by atoms with Gasteiger partial charge in [0.25, 0.3) is 0 Å². The van der Waals surface area contributed by atoms with Crippen LogP contribution in [0.25, 0.3) is 44.8 Å². The molecule has 0 spiro atoms. The van der Waals surface area contributed by atoms with Crippen molar-refractivity contribution in [3.05, 3.63) is 71.6 Å². The molecule has 0 aliphatic rings. The van der Waals surface area contributed by atoms with Crippen LogP contribution < -0.4 is 0 Å². The number of oxazole rings is 2. The third kappa shape index (κ3) is 2.70. The summed E-state index contributed by atoms with van der Waals surface area (Å²) in [5.74, 6) is 1.32. The van der Waals surface area contributed by atoms with Crippen molar-refractivity contribution in [3.8, 4) is 22.6 Å². The van der Waals surface area contributed by atoms with Crippen molar-refractivity contribution in [1.29, 1.82) is 0 Å². The zero-order chi connectivity index (χ0) is 18.5. The van der Waals surface area contributed by atoms with E-state index in [1.54, 1.807) is 0 Å². The number of rotatable bonds is 2. The number of hydrogen-bond donors (Lipinski definition) is 0. The summed E-state index contributed by atoms with van der Waals surface area (Å²) in [6.07, 6.45) is 0. The molecule has 132 valence electrons. The third-order valence-electron chi connectivity index (χ3n) is 4.97. The average Bonchev–Trinajstić information content (AvgIpc) is 3.24. The van der Waals surface area contributed by atoms with Crippen LogP contribution in [0.5, 0.6) is 0 Å². The molecule has 4 nitrogen and oxygen atoms in total. The molecule has 0 aliphatic carbocycles. The van der Waals surface area contributed by atoms with Gasteiger partial charge in [0.2, 0.25) is 5.89 Å². The summed E-state index contributed by atoms with van der Waals surface area (Å²) >= 11 is 0. The second kappa shape index (κ2) is 5.81. The molecular weight excluding hydrogens is 336 g/mol. The van der Waals surface area contributed by atoms with Gasteiger partial charge in [-0.25, -0.2) is 9.97 Å². The van der Waals surface area contributed by atoms with Crippen molar-refractivity contribution in [1.82, 2.24) is 9.97 Å². The highest BCUT2D eigenvalue weighted by atomic mass is 16.4. The molecule has 0 N–H and O–H groups in total. The van der Waals surface area contributed by atoms with E-state index in [-0.39, 0.29) is 0 Å². The van der Waals surface area contributed by atoms with Crippen LogP contribution >= 0.6 is 0 Å². The van der Waals surface area contributed by atoms with Crippen LogP contribution in [0.2, 0.25) is 0 Å². The van der Waals surface area contributed by atoms with Gasteiger partial charge in [0.15, 0.2) is 17.1 Å². The van der Waals surface area contributed by atoms with Crippen LogP contribution in [-0.4, -0.2) is 9.97 Å². The van der Waals surface area contributed by atoms with Crippen molar-refractivity contribution in [2.45, 2.75) is 20.8 Å². The highest BCUT2D eigenvalue weighted by Crippen LogP contribution is 2.30. The fourth-order valence-corrected chi connectivity index (χ4v) is 3.33. The Hall–Kier alpha value is -3.40. The summed E-state index contributed by atoms with van der Waals surface area (Å²) < 4.78 is 11.5. The fraction of sp³-hybridized carbons (Fsp3) is 0.130. The first kappa shape index (κ1) is 15.8. The van der Waals surface area contributed by atoms with E-state index in [2.05, 4.69) is 43.1 Å². The minimum atomic E-state index is 0.646. The van der Waals surface area contributed by atoms with E-state index < -0.39 is 0 Å². The molecule has 0 amide bonds. The lowest BCUT2D eigenvalue weighted by Crippen LogP contribution is -1.83. The summed E-state index contributed by atoms with van der Waals surface area (Å²) in [7, 11) is 0. The quantitative estimate of drug-likeness (QED) is 0.377. The molecule has 0 saturated heterocycles. The molecule has 0 unspecified atom stereocenters. The van der Waals surface area contributed by atoms with Crippen LogP contribution in [0.3, 0.4) is 0 Å². The highest BCUT2D eigenvalue weighted by molar-refractivity contribution is 5.85. The van der Waals surface area contributed by atoms with Crippen LogP contribution in [0.15, 0.2) is 63.4 Å². The lowest BCUT2D eigenvalue weighted by atomic mass is 10.0. The second-order valence-corrected chi connectivity index (χ2v) is 6.92. The number of nitrogens with zero attached hydrogens (tertiary/aromatic N) is 2. The molecule has 0 fully saturated rings. The number of aryl methyl sites for hydroxylation is 3. The van der Waals surface area contributed by atoms with Crippen molar-refractivity contribution in [2.75, 3.05) is 0 Å². The van der Waals surface area contributed by atoms with Gasteiger partial charge in [0.05, 0.1) is 0 Å². The van der Waals surface area contributed by atoms with Gasteiger partial charge in [-0.2, -0.15) is 0 Å². The predicted molar refractivity (Wildman–Crippen MR) is 107 cm³/mol. The van der Waals surface area contributed by atoms with Gasteiger partial charge in [-0.15, -0.1) is 0 Å². The predicted octanol–water partition coefficient (Wildman–Crippen LogP) is 6.23. The molecule has 0 saturated carbocycles. The Labute approximate surface area is 156 Å². The summed E-state index contributed by atoms with van der Waals surface area (Å²) in [4.78, 5) is 9.13. The summed E-state index contributed by atoms with van der Waals surface area (Å²) in [6, 6.07) is 18.4. The molecule has 0 radical (unpaired) electrons. The van der Waals surface area contributed by atoms with Gasteiger partial charge < -0.3 is 8.83 Å². The zero-order valence-corrected chi connectivity index (χ0v) is 15.4. The fourth-order valence-electron chi connectivity index (χ4n) is 3.33. The van der Waals surface area contributed by atoms with Crippen LogP contribution in [0, 0.1) is 20.8 Å². The van der Waals surface area contributed by atoms with E-state index in [0.29, 0.717) is 11.8 Å². The van der Waals surface area contributed by atoms with E-state index in [1.165, 1.54) is 11.1 Å². The molecule has 5 rings (SSSR count). The minimum Gasteiger partial charge on any atom is -0.441 e. The molecule has 27 heavy (non-hydrogen) atoms. The number of fused-ring (bicyclic) bond motifs is 2. The van der Waals surface area contributed by atoms with E-state index >= 15 is 0 Å². The maximum absolute atomic E-state index is 5.97. The maximum atomic E-state index is 5.97. The Morgan fingerprint density at radius 2 is 1.22 bits per heavy atom. The van der Waals surface area contributed by atoms with Crippen LogP contribution in [0.4, 0.5) is 0 Å². The largest absolute Gasteiger partial charge is 0.441 e. The minimum absolute atomic E-state index is 0.646. The molecule has 2 heterocycles. The average molecular weight is 354 g/mol. The normalized spacial score (nSPS) is 11.5. The lowest BCUT2D eigenvalue weighted by molar-refractivity contribution is 0.561. The number of benzene rings is 3. The molecule has 0 aliphatic heterocycles. The summed E-state index contributed by atoms with van der Waals surface area (Å²) in [5.41, 5.74) is 8.93. The van der Waals surface area contributed by atoms with Gasteiger partial charge >= 0.3 is 0 Å². The van der Waals surface area contributed by atoms with Crippen LogP contribution in [0.1, 0.15) is 17.0 Å². The molecule has 0 atom stereocenters. The van der Waals surface area contributed by atoms with Crippen molar-refractivity contribution < 1.29 is 8.83 Å². The van der Waals surface area contributed by atoms with Gasteiger partial charge in [-0.3, -0.25) is 0 Å². The van der Waals surface area contributed by atoms with Crippen molar-refractivity contribution >= 4 is 22.2 Å². The molecule has 3 aromatic carbocycles. The smallest absolute Gasteiger partial charge is 0.227 e. The topological polar surface area (TPSA) is 52.1 Å². The second-order valence-electron chi connectivity index (χ2n) is 6.92. The van der Waals surface area contributed by atoms with Gasteiger partial charge in [-0.1, -0.05) is 18.2 Å². The summed E-state index contributed by atoms with van der Waals surface area (Å²) in [6.45, 7) is 6.06. The van der Waals surface area contributed by atoms with Crippen molar-refractivity contribution in [2.24, 2.45) is 0 Å². The first-order valence-electron chi connectivity index (χ1n) is 8.93. The van der Waals surface area contributed by atoms with Crippen molar-refractivity contribution in [3.63, 3.8) is 0 Å². The molecule has 0 bridgehead atoms. The van der Waals surface area contributed by atoms with E-state index in [1.807, 2.05) is 37.3 Å². The Balaban J connectivity index is 1.59. The first-order valence-corrected chi connectivity index (χ1v) is 8.93. The molecular formula is C23H18N2O2.